The van der Waals surface area contributed by atoms with Crippen molar-refractivity contribution in [1.82, 2.24) is 9.78 Å². The summed E-state index contributed by atoms with van der Waals surface area (Å²) < 4.78 is 6.99. The molecule has 0 saturated heterocycles. The molecule has 3 unspecified atom stereocenters. The molecule has 3 atom stereocenters. The SMILES string of the molecule is CCCCn1ncc(NC2C(N)CC2OCC)c(Cl)c1=O. The maximum atomic E-state index is 12.1. The zero-order chi connectivity index (χ0) is 15.4. The second kappa shape index (κ2) is 7.24. The Morgan fingerprint density at radius 1 is 1.57 bits per heavy atom. The number of aromatic nitrogens is 2. The Labute approximate surface area is 129 Å². The van der Waals surface area contributed by atoms with E-state index in [1.807, 2.05) is 6.92 Å². The van der Waals surface area contributed by atoms with E-state index in [0.717, 1.165) is 19.3 Å². The Hall–Kier alpha value is -1.11. The second-order valence-electron chi connectivity index (χ2n) is 5.32. The number of nitrogens with zero attached hydrogens (tertiary/aromatic N) is 2. The number of nitrogens with one attached hydrogen (secondary N) is 1. The van der Waals surface area contributed by atoms with Crippen LogP contribution >= 0.6 is 11.6 Å². The third-order valence-corrected chi connectivity index (χ3v) is 4.14. The minimum Gasteiger partial charge on any atom is -0.376 e. The number of nitrogens with two attached hydrogens (primary N) is 1. The molecule has 1 heterocycles. The summed E-state index contributed by atoms with van der Waals surface area (Å²) in [5, 5.41) is 7.52. The van der Waals surface area contributed by atoms with E-state index < -0.39 is 0 Å². The molecule has 1 aliphatic rings. The number of hydrogen-bond donors (Lipinski definition) is 2. The zero-order valence-corrected chi connectivity index (χ0v) is 13.3. The van der Waals surface area contributed by atoms with Crippen molar-refractivity contribution >= 4 is 17.3 Å². The van der Waals surface area contributed by atoms with Gasteiger partial charge in [-0.3, -0.25) is 4.79 Å². The predicted octanol–water partition coefficient (Wildman–Crippen LogP) is 1.61. The van der Waals surface area contributed by atoms with E-state index in [4.69, 9.17) is 22.1 Å². The molecule has 0 amide bonds. The van der Waals surface area contributed by atoms with Crippen molar-refractivity contribution in [2.75, 3.05) is 11.9 Å². The molecule has 118 valence electrons. The van der Waals surface area contributed by atoms with E-state index in [1.165, 1.54) is 4.68 Å². The van der Waals surface area contributed by atoms with Crippen molar-refractivity contribution in [2.45, 2.75) is 57.8 Å². The highest BCUT2D eigenvalue weighted by atomic mass is 35.5. The molecule has 0 aromatic carbocycles. The molecular weight excluding hydrogens is 292 g/mol. The summed E-state index contributed by atoms with van der Waals surface area (Å²) in [6.45, 7) is 5.23. The summed E-state index contributed by atoms with van der Waals surface area (Å²) in [6, 6.07) is -0.0321. The number of aryl methyl sites for hydroxylation is 1. The van der Waals surface area contributed by atoms with Crippen molar-refractivity contribution < 1.29 is 4.74 Å². The lowest BCUT2D eigenvalue weighted by atomic mass is 9.83. The largest absolute Gasteiger partial charge is 0.376 e. The van der Waals surface area contributed by atoms with Crippen LogP contribution in [0.25, 0.3) is 0 Å². The normalized spacial score (nSPS) is 24.7. The summed E-state index contributed by atoms with van der Waals surface area (Å²) in [4.78, 5) is 12.1. The van der Waals surface area contributed by atoms with Crippen LogP contribution in [0.3, 0.4) is 0 Å². The first-order valence-electron chi connectivity index (χ1n) is 7.47. The Kier molecular flexibility index (Phi) is 5.61. The predicted molar refractivity (Wildman–Crippen MR) is 83.8 cm³/mol. The van der Waals surface area contributed by atoms with E-state index in [9.17, 15) is 4.79 Å². The van der Waals surface area contributed by atoms with Gasteiger partial charge >= 0.3 is 0 Å². The molecule has 6 nitrogen and oxygen atoms in total. The fourth-order valence-corrected chi connectivity index (χ4v) is 2.64. The minimum absolute atomic E-state index is 0.000129. The third-order valence-electron chi connectivity index (χ3n) is 3.78. The lowest BCUT2D eigenvalue weighted by Crippen LogP contribution is -2.60. The van der Waals surface area contributed by atoms with Gasteiger partial charge in [-0.1, -0.05) is 24.9 Å². The molecule has 1 aromatic rings. The summed E-state index contributed by atoms with van der Waals surface area (Å²) >= 11 is 6.16. The summed E-state index contributed by atoms with van der Waals surface area (Å²) in [5.74, 6) is 0. The highest BCUT2D eigenvalue weighted by molar-refractivity contribution is 6.32. The maximum Gasteiger partial charge on any atom is 0.287 e. The van der Waals surface area contributed by atoms with Gasteiger partial charge in [0.15, 0.2) is 0 Å². The van der Waals surface area contributed by atoms with Gasteiger partial charge in [-0.25, -0.2) is 4.68 Å². The van der Waals surface area contributed by atoms with Crippen molar-refractivity contribution in [2.24, 2.45) is 5.73 Å². The molecule has 3 N–H and O–H groups in total. The van der Waals surface area contributed by atoms with E-state index in [0.29, 0.717) is 18.8 Å². The average Bonchev–Trinajstić information content (AvgIpc) is 2.47. The highest BCUT2D eigenvalue weighted by Crippen LogP contribution is 2.28. The van der Waals surface area contributed by atoms with Gasteiger partial charge in [0, 0.05) is 19.2 Å². The van der Waals surface area contributed by atoms with Gasteiger partial charge < -0.3 is 15.8 Å². The van der Waals surface area contributed by atoms with Crippen LogP contribution in [0.5, 0.6) is 0 Å². The molecular formula is C14H23ClN4O2. The molecule has 2 rings (SSSR count). The molecule has 21 heavy (non-hydrogen) atoms. The number of ether oxygens (including phenoxy) is 1. The lowest BCUT2D eigenvalue weighted by molar-refractivity contribution is -0.0126. The van der Waals surface area contributed by atoms with Gasteiger partial charge in [-0.15, -0.1) is 0 Å². The summed E-state index contributed by atoms with van der Waals surface area (Å²) in [5.41, 5.74) is 6.25. The van der Waals surface area contributed by atoms with Crippen LogP contribution < -0.4 is 16.6 Å². The average molecular weight is 315 g/mol. The number of rotatable bonds is 7. The standard InChI is InChI=1S/C14H23ClN4O2/c1-3-5-6-19-14(20)12(15)10(8-17-19)18-13-9(16)7-11(13)21-4-2/h8-9,11,13,18H,3-7,16H2,1-2H3. The number of anilines is 1. The van der Waals surface area contributed by atoms with Crippen LogP contribution in [0, 0.1) is 0 Å². The van der Waals surface area contributed by atoms with Crippen molar-refractivity contribution in [3.8, 4) is 0 Å². The summed E-state index contributed by atoms with van der Waals surface area (Å²) in [6.07, 6.45) is 4.36. The molecule has 1 saturated carbocycles. The monoisotopic (exact) mass is 314 g/mol. The first-order chi connectivity index (χ1) is 10.1. The quantitative estimate of drug-likeness (QED) is 0.799. The van der Waals surface area contributed by atoms with Gasteiger partial charge in [0.2, 0.25) is 0 Å². The van der Waals surface area contributed by atoms with Crippen molar-refractivity contribution in [3.05, 3.63) is 21.6 Å². The fourth-order valence-electron chi connectivity index (χ4n) is 2.44. The van der Waals surface area contributed by atoms with E-state index in [-0.39, 0.29) is 28.8 Å². The Balaban J connectivity index is 2.10. The maximum absolute atomic E-state index is 12.1. The van der Waals surface area contributed by atoms with Gasteiger partial charge in [-0.2, -0.15) is 5.10 Å². The third kappa shape index (κ3) is 3.56. The smallest absolute Gasteiger partial charge is 0.287 e. The number of halogens is 1. The molecule has 0 aliphatic heterocycles. The van der Waals surface area contributed by atoms with Crippen molar-refractivity contribution in [3.63, 3.8) is 0 Å². The number of hydrogen-bond acceptors (Lipinski definition) is 5. The lowest BCUT2D eigenvalue weighted by Gasteiger charge is -2.43. The van der Waals surface area contributed by atoms with Gasteiger partial charge in [-0.05, 0) is 19.8 Å². The first-order valence-corrected chi connectivity index (χ1v) is 7.85. The molecule has 1 fully saturated rings. The van der Waals surface area contributed by atoms with Crippen LogP contribution in [0.1, 0.15) is 33.1 Å². The molecule has 7 heteroatoms. The molecule has 0 spiro atoms. The summed E-state index contributed by atoms with van der Waals surface area (Å²) in [7, 11) is 0. The molecule has 1 aromatic heterocycles. The highest BCUT2D eigenvalue weighted by Gasteiger charge is 2.39. The Morgan fingerprint density at radius 3 is 2.95 bits per heavy atom. The van der Waals surface area contributed by atoms with E-state index in [2.05, 4.69) is 17.3 Å². The van der Waals surface area contributed by atoms with Crippen LogP contribution in [0.15, 0.2) is 11.0 Å². The molecule has 0 radical (unpaired) electrons. The zero-order valence-electron chi connectivity index (χ0n) is 12.5. The minimum atomic E-state index is -0.268. The van der Waals surface area contributed by atoms with Gasteiger partial charge in [0.1, 0.15) is 5.02 Å². The Morgan fingerprint density at radius 2 is 2.33 bits per heavy atom. The molecule has 1 aliphatic carbocycles. The van der Waals surface area contributed by atoms with Crippen LogP contribution in [-0.4, -0.2) is 34.6 Å². The van der Waals surface area contributed by atoms with Crippen LogP contribution in [0.4, 0.5) is 5.69 Å². The van der Waals surface area contributed by atoms with E-state index >= 15 is 0 Å². The van der Waals surface area contributed by atoms with Crippen LogP contribution in [0.2, 0.25) is 5.02 Å². The first kappa shape index (κ1) is 16.3. The van der Waals surface area contributed by atoms with Crippen LogP contribution in [-0.2, 0) is 11.3 Å². The van der Waals surface area contributed by atoms with E-state index in [1.54, 1.807) is 6.20 Å². The Bertz CT molecular complexity index is 532. The molecule has 0 bridgehead atoms. The fraction of sp³-hybridized carbons (Fsp3) is 0.714. The number of unbranched alkanes of at least 4 members (excludes halogenated alkanes) is 1. The van der Waals surface area contributed by atoms with Gasteiger partial charge in [0.05, 0.1) is 24.0 Å². The second-order valence-corrected chi connectivity index (χ2v) is 5.70. The van der Waals surface area contributed by atoms with Crippen molar-refractivity contribution in [1.29, 1.82) is 0 Å². The topological polar surface area (TPSA) is 82.2 Å². The van der Waals surface area contributed by atoms with Gasteiger partial charge in [0.25, 0.3) is 5.56 Å².